The van der Waals surface area contributed by atoms with E-state index in [9.17, 15) is 19.4 Å². The Hall–Kier alpha value is -1.92. The number of phosphoric ester groups is 1. The van der Waals surface area contributed by atoms with Crippen LogP contribution in [0.15, 0.2) is 35.9 Å². The lowest BCUT2D eigenvalue weighted by Gasteiger charge is -2.35. The van der Waals surface area contributed by atoms with Gasteiger partial charge in [0.1, 0.15) is 11.5 Å². The SMILES string of the molecule is C=C(C)[C@@H]1CCC(C)=C[C@H]1c1c(O)cc(CCCCC)cc1OC(=O)C1(OP(=O)([O-])OCC(CCC)CCC)CCCC1. The average Bonchev–Trinajstić information content (AvgIpc) is 3.41. The number of carbonyl (C=O) groups is 1. The number of aromatic hydroxyl groups is 1. The van der Waals surface area contributed by atoms with Crippen molar-refractivity contribution < 1.29 is 33.1 Å². The lowest BCUT2D eigenvalue weighted by atomic mass is 9.73. The number of hydrogen-bond acceptors (Lipinski definition) is 7. The van der Waals surface area contributed by atoms with E-state index in [4.69, 9.17) is 13.8 Å². The fourth-order valence-corrected chi connectivity index (χ4v) is 7.88. The number of esters is 1. The number of phenols is 1. The summed E-state index contributed by atoms with van der Waals surface area (Å²) >= 11 is 0. The number of carbonyl (C=O) groups excluding carboxylic acids is 1. The normalized spacial score (nSPS) is 21.4. The summed E-state index contributed by atoms with van der Waals surface area (Å²) in [6, 6.07) is 3.62. The van der Waals surface area contributed by atoms with Crippen molar-refractivity contribution in [2.75, 3.05) is 6.61 Å². The highest BCUT2D eigenvalue weighted by Crippen LogP contribution is 2.51. The van der Waals surface area contributed by atoms with Crippen molar-refractivity contribution in [1.82, 2.24) is 0 Å². The highest BCUT2D eigenvalue weighted by atomic mass is 31.2. The predicted molar refractivity (Wildman–Crippen MR) is 170 cm³/mol. The molecule has 0 aliphatic heterocycles. The van der Waals surface area contributed by atoms with Crippen molar-refractivity contribution in [3.63, 3.8) is 0 Å². The Morgan fingerprint density at radius 3 is 2.42 bits per heavy atom. The molecule has 242 valence electrons. The van der Waals surface area contributed by atoms with Crippen LogP contribution in [0.5, 0.6) is 11.5 Å². The Bertz CT molecular complexity index is 1160. The predicted octanol–water partition coefficient (Wildman–Crippen LogP) is 9.08. The van der Waals surface area contributed by atoms with E-state index < -0.39 is 19.4 Å². The maximum absolute atomic E-state index is 14.0. The minimum atomic E-state index is -4.80. The topological polar surface area (TPSA) is 105 Å². The molecule has 0 heterocycles. The summed E-state index contributed by atoms with van der Waals surface area (Å²) in [5.41, 5.74) is 1.96. The molecule has 3 rings (SSSR count). The summed E-state index contributed by atoms with van der Waals surface area (Å²) in [6.07, 6.45) is 13.1. The molecule has 0 spiro atoms. The fourth-order valence-electron chi connectivity index (χ4n) is 6.75. The van der Waals surface area contributed by atoms with Gasteiger partial charge in [0.25, 0.3) is 7.82 Å². The molecule has 43 heavy (non-hydrogen) atoms. The molecule has 1 unspecified atom stereocenters. The van der Waals surface area contributed by atoms with Crippen LogP contribution in [0.3, 0.4) is 0 Å². The summed E-state index contributed by atoms with van der Waals surface area (Å²) < 4.78 is 30.2. The van der Waals surface area contributed by atoms with E-state index >= 15 is 0 Å². The van der Waals surface area contributed by atoms with Crippen LogP contribution in [0.1, 0.15) is 135 Å². The smallest absolute Gasteiger partial charge is 0.344 e. The Balaban J connectivity index is 1.95. The number of hydrogen-bond donors (Lipinski definition) is 1. The van der Waals surface area contributed by atoms with E-state index in [2.05, 4.69) is 40.3 Å². The first-order valence-corrected chi connectivity index (χ1v) is 18.0. The lowest BCUT2D eigenvalue weighted by molar-refractivity contribution is -0.238. The zero-order valence-electron chi connectivity index (χ0n) is 27.1. The van der Waals surface area contributed by atoms with Crippen LogP contribution in [0.25, 0.3) is 0 Å². The molecule has 1 N–H and O–H groups in total. The summed E-state index contributed by atoms with van der Waals surface area (Å²) in [4.78, 5) is 27.1. The van der Waals surface area contributed by atoms with Crippen molar-refractivity contribution in [3.05, 3.63) is 47.1 Å². The Morgan fingerprint density at radius 2 is 1.81 bits per heavy atom. The van der Waals surface area contributed by atoms with Crippen molar-refractivity contribution in [3.8, 4) is 11.5 Å². The van der Waals surface area contributed by atoms with E-state index in [-0.39, 0.29) is 48.7 Å². The van der Waals surface area contributed by atoms with Gasteiger partial charge < -0.3 is 19.3 Å². The maximum Gasteiger partial charge on any atom is 0.344 e. The van der Waals surface area contributed by atoms with Gasteiger partial charge in [-0.25, -0.2) is 4.79 Å². The number of ether oxygens (including phenoxy) is 1. The first kappa shape index (κ1) is 35.6. The van der Waals surface area contributed by atoms with Gasteiger partial charge in [0.2, 0.25) is 0 Å². The van der Waals surface area contributed by atoms with Crippen LogP contribution in [0.4, 0.5) is 0 Å². The third-order valence-corrected chi connectivity index (χ3v) is 10.1. The molecular weight excluding hydrogens is 563 g/mol. The summed E-state index contributed by atoms with van der Waals surface area (Å²) in [7, 11) is -4.80. The van der Waals surface area contributed by atoms with Crippen LogP contribution in [0.2, 0.25) is 0 Å². The number of phosphoric acid groups is 1. The van der Waals surface area contributed by atoms with Gasteiger partial charge in [0, 0.05) is 11.5 Å². The Kier molecular flexibility index (Phi) is 13.6. The van der Waals surface area contributed by atoms with Crippen molar-refractivity contribution in [2.24, 2.45) is 11.8 Å². The second-order valence-corrected chi connectivity index (χ2v) is 14.2. The fraction of sp³-hybridized carbons (Fsp3) is 0.686. The molecule has 8 heteroatoms. The largest absolute Gasteiger partial charge is 0.756 e. The highest BCUT2D eigenvalue weighted by molar-refractivity contribution is 7.46. The van der Waals surface area contributed by atoms with Crippen LogP contribution < -0.4 is 9.63 Å². The molecule has 7 nitrogen and oxygen atoms in total. The lowest BCUT2D eigenvalue weighted by Crippen LogP contribution is -2.42. The van der Waals surface area contributed by atoms with Crippen molar-refractivity contribution in [2.45, 2.75) is 136 Å². The molecule has 0 radical (unpaired) electrons. The molecule has 1 aromatic rings. The minimum absolute atomic E-state index is 0.0427. The first-order valence-electron chi connectivity index (χ1n) is 16.5. The van der Waals surface area contributed by atoms with E-state index in [1.54, 1.807) is 6.07 Å². The zero-order valence-corrected chi connectivity index (χ0v) is 28.0. The molecule has 0 aromatic heterocycles. The summed E-state index contributed by atoms with van der Waals surface area (Å²) in [6.45, 7) is 14.6. The standard InChI is InChI=1S/C35H55O7P/c1-7-10-11-16-28-22-31(36)33(30-21-26(6)17-18-29(30)25(4)5)32(23-28)41-34(37)35(19-12-13-20-35)42-43(38,39)40-24-27(14-8-2)15-9-3/h21-23,27,29-30,36H,4,7-20,24H2,1-3,5-6H3,(H,38,39)/p-1/t29-,30+/m0/s1. The van der Waals surface area contributed by atoms with Crippen LogP contribution in [0, 0.1) is 11.8 Å². The number of phenolic OH excluding ortho intramolecular Hbond substituents is 1. The molecular formula is C35H54O7P-. The quantitative estimate of drug-likeness (QED) is 0.0611. The van der Waals surface area contributed by atoms with Crippen molar-refractivity contribution in [1.29, 1.82) is 0 Å². The number of allylic oxidation sites excluding steroid dienone is 3. The molecule has 2 aliphatic carbocycles. The molecule has 1 aromatic carbocycles. The van der Waals surface area contributed by atoms with Gasteiger partial charge in [-0.1, -0.05) is 70.3 Å². The van der Waals surface area contributed by atoms with E-state index in [1.165, 1.54) is 5.57 Å². The maximum atomic E-state index is 14.0. The minimum Gasteiger partial charge on any atom is -0.756 e. The number of benzene rings is 1. The van der Waals surface area contributed by atoms with E-state index in [0.29, 0.717) is 18.4 Å². The van der Waals surface area contributed by atoms with E-state index in [1.807, 2.05) is 13.0 Å². The van der Waals surface area contributed by atoms with Gasteiger partial charge in [0.15, 0.2) is 5.60 Å². The average molecular weight is 618 g/mol. The Labute approximate surface area is 259 Å². The monoisotopic (exact) mass is 617 g/mol. The molecule has 2 aliphatic rings. The van der Waals surface area contributed by atoms with Crippen LogP contribution in [-0.4, -0.2) is 23.3 Å². The van der Waals surface area contributed by atoms with Gasteiger partial charge in [-0.2, -0.15) is 0 Å². The number of unbranched alkanes of at least 4 members (excludes halogenated alkanes) is 2. The molecule has 0 saturated heterocycles. The molecule has 0 amide bonds. The Morgan fingerprint density at radius 1 is 1.14 bits per heavy atom. The number of aryl methyl sites for hydroxylation is 1. The molecule has 3 atom stereocenters. The summed E-state index contributed by atoms with van der Waals surface area (Å²) in [5.74, 6) is -0.441. The second kappa shape index (κ2) is 16.4. The molecule has 0 bridgehead atoms. The van der Waals surface area contributed by atoms with Crippen LogP contribution >= 0.6 is 7.82 Å². The van der Waals surface area contributed by atoms with E-state index in [0.717, 1.165) is 75.3 Å². The highest BCUT2D eigenvalue weighted by Gasteiger charge is 2.48. The molecule has 1 saturated carbocycles. The van der Waals surface area contributed by atoms with Gasteiger partial charge >= 0.3 is 5.97 Å². The first-order chi connectivity index (χ1) is 20.4. The second-order valence-electron chi connectivity index (χ2n) is 12.9. The molecule has 1 fully saturated rings. The summed E-state index contributed by atoms with van der Waals surface area (Å²) in [5, 5.41) is 11.4. The van der Waals surface area contributed by atoms with Crippen LogP contribution in [-0.2, 0) is 24.8 Å². The van der Waals surface area contributed by atoms with Gasteiger partial charge in [0.05, 0.1) is 6.61 Å². The van der Waals surface area contributed by atoms with Crippen molar-refractivity contribution >= 4 is 13.8 Å². The van der Waals surface area contributed by atoms with Gasteiger partial charge in [-0.05, 0) is 108 Å². The number of rotatable bonds is 17. The third-order valence-electron chi connectivity index (χ3n) is 9.10. The van der Waals surface area contributed by atoms with Gasteiger partial charge in [-0.15, -0.1) is 0 Å². The third kappa shape index (κ3) is 9.78. The zero-order chi connectivity index (χ0) is 31.6. The van der Waals surface area contributed by atoms with Gasteiger partial charge in [-0.3, -0.25) is 9.09 Å².